The number of carbonyl (C=O) groups excluding carboxylic acids is 2. The zero-order valence-corrected chi connectivity index (χ0v) is 19.6. The van der Waals surface area contributed by atoms with Crippen LogP contribution >= 0.6 is 24.0 Å². The molecule has 1 unspecified atom stereocenters. The van der Waals surface area contributed by atoms with Crippen LogP contribution < -0.4 is 15.5 Å². The van der Waals surface area contributed by atoms with Crippen LogP contribution in [0.15, 0.2) is 29.3 Å². The van der Waals surface area contributed by atoms with E-state index in [4.69, 9.17) is 0 Å². The number of aliphatic imine (C=N–C) groups is 1. The van der Waals surface area contributed by atoms with Gasteiger partial charge in [0.05, 0.1) is 0 Å². The number of anilines is 1. The number of rotatable bonds is 6. The molecule has 2 aliphatic rings. The van der Waals surface area contributed by atoms with Crippen molar-refractivity contribution in [2.75, 3.05) is 38.1 Å². The lowest BCUT2D eigenvalue weighted by Gasteiger charge is -2.19. The maximum absolute atomic E-state index is 12.5. The highest BCUT2D eigenvalue weighted by Crippen LogP contribution is 2.27. The fourth-order valence-electron chi connectivity index (χ4n) is 3.89. The highest BCUT2D eigenvalue weighted by Gasteiger charge is 2.26. The van der Waals surface area contributed by atoms with Crippen molar-refractivity contribution in [2.45, 2.75) is 45.1 Å². The molecule has 2 aliphatic heterocycles. The summed E-state index contributed by atoms with van der Waals surface area (Å²) in [5.41, 5.74) is 2.32. The van der Waals surface area contributed by atoms with Crippen LogP contribution in [0, 0.1) is 0 Å². The molecular formula is C21H32IN5O2. The van der Waals surface area contributed by atoms with Gasteiger partial charge in [-0.3, -0.25) is 14.6 Å². The van der Waals surface area contributed by atoms with Crippen molar-refractivity contribution in [3.63, 3.8) is 0 Å². The Balaban J connectivity index is 0.00000300. The van der Waals surface area contributed by atoms with Crippen molar-refractivity contribution in [2.24, 2.45) is 4.99 Å². The fraction of sp³-hybridized carbons (Fsp3) is 0.571. The summed E-state index contributed by atoms with van der Waals surface area (Å²) in [5.74, 6) is 1.11. The topological polar surface area (TPSA) is 77.0 Å². The van der Waals surface area contributed by atoms with Gasteiger partial charge in [-0.15, -0.1) is 24.0 Å². The van der Waals surface area contributed by atoms with Crippen molar-refractivity contribution in [3.8, 4) is 0 Å². The normalized spacial score (nSPS) is 18.3. The highest BCUT2D eigenvalue weighted by molar-refractivity contribution is 14.0. The van der Waals surface area contributed by atoms with Gasteiger partial charge < -0.3 is 20.4 Å². The second kappa shape index (κ2) is 11.4. The molecule has 0 aliphatic carbocycles. The van der Waals surface area contributed by atoms with Crippen molar-refractivity contribution >= 4 is 47.4 Å². The van der Waals surface area contributed by atoms with Crippen LogP contribution in [0.1, 0.15) is 38.2 Å². The third kappa shape index (κ3) is 6.07. The lowest BCUT2D eigenvalue weighted by molar-refractivity contribution is -0.129. The lowest BCUT2D eigenvalue weighted by atomic mass is 10.2. The standard InChI is InChI=1S/C21H31N5O2.HI/c1-3-19(27)25-13-11-17(15-25)24-21(22-2)23-12-6-9-20(28)26-14-10-16-7-4-5-8-18(16)26;/h4-5,7-8,17H,3,6,9-15H2,1-2H3,(H2,22,23,24);1H. The van der Waals surface area contributed by atoms with E-state index in [1.165, 1.54) is 5.56 Å². The third-order valence-corrected chi connectivity index (χ3v) is 5.46. The molecule has 7 nitrogen and oxygen atoms in total. The van der Waals surface area contributed by atoms with Gasteiger partial charge in [-0.2, -0.15) is 0 Å². The number of hydrogen-bond acceptors (Lipinski definition) is 3. The number of fused-ring (bicyclic) bond motifs is 1. The number of amides is 2. The number of benzene rings is 1. The Morgan fingerprint density at radius 1 is 1.21 bits per heavy atom. The molecule has 0 radical (unpaired) electrons. The minimum Gasteiger partial charge on any atom is -0.356 e. The van der Waals surface area contributed by atoms with Crippen molar-refractivity contribution in [1.29, 1.82) is 0 Å². The van der Waals surface area contributed by atoms with Crippen molar-refractivity contribution in [1.82, 2.24) is 15.5 Å². The van der Waals surface area contributed by atoms with Gasteiger partial charge in [-0.05, 0) is 30.9 Å². The molecule has 2 amide bonds. The highest BCUT2D eigenvalue weighted by atomic mass is 127. The maximum atomic E-state index is 12.5. The van der Waals surface area contributed by atoms with Gasteiger partial charge in [0.1, 0.15) is 0 Å². The summed E-state index contributed by atoms with van der Waals surface area (Å²) < 4.78 is 0. The van der Waals surface area contributed by atoms with Crippen LogP contribution in [0.25, 0.3) is 0 Å². The second-order valence-electron chi connectivity index (χ2n) is 7.35. The number of nitrogens with zero attached hydrogens (tertiary/aromatic N) is 3. The quantitative estimate of drug-likeness (QED) is 0.265. The predicted molar refractivity (Wildman–Crippen MR) is 127 cm³/mol. The number of hydrogen-bond donors (Lipinski definition) is 2. The molecule has 0 saturated carbocycles. The van der Waals surface area contributed by atoms with E-state index >= 15 is 0 Å². The van der Waals surface area contributed by atoms with E-state index in [2.05, 4.69) is 21.7 Å². The van der Waals surface area contributed by atoms with Crippen molar-refractivity contribution in [3.05, 3.63) is 29.8 Å². The molecule has 1 atom stereocenters. The first-order valence-electron chi connectivity index (χ1n) is 10.3. The predicted octanol–water partition coefficient (Wildman–Crippen LogP) is 2.15. The molecule has 0 spiro atoms. The first-order chi connectivity index (χ1) is 13.6. The van der Waals surface area contributed by atoms with Gasteiger partial charge in [0.2, 0.25) is 11.8 Å². The SMILES string of the molecule is CCC(=O)N1CCC(NC(=NC)NCCCC(=O)N2CCc3ccccc32)C1.I. The van der Waals surface area contributed by atoms with Gasteiger partial charge >= 0.3 is 0 Å². The zero-order chi connectivity index (χ0) is 19.9. The summed E-state index contributed by atoms with van der Waals surface area (Å²) in [4.78, 5) is 32.4. The number of carbonyl (C=O) groups is 2. The summed E-state index contributed by atoms with van der Waals surface area (Å²) in [7, 11) is 1.74. The maximum Gasteiger partial charge on any atom is 0.227 e. The summed E-state index contributed by atoms with van der Waals surface area (Å²) >= 11 is 0. The molecular weight excluding hydrogens is 481 g/mol. The number of guanidine groups is 1. The average molecular weight is 513 g/mol. The molecule has 0 bridgehead atoms. The van der Waals surface area contributed by atoms with Crippen LogP contribution in [0.5, 0.6) is 0 Å². The Morgan fingerprint density at radius 2 is 2.00 bits per heavy atom. The molecule has 1 fully saturated rings. The first kappa shape index (κ1) is 23.4. The van der Waals surface area contributed by atoms with E-state index in [9.17, 15) is 9.59 Å². The van der Waals surface area contributed by atoms with E-state index in [-0.39, 0.29) is 41.8 Å². The van der Waals surface area contributed by atoms with Gasteiger partial charge in [0, 0.05) is 57.8 Å². The minimum absolute atomic E-state index is 0. The smallest absolute Gasteiger partial charge is 0.227 e. The van der Waals surface area contributed by atoms with Gasteiger partial charge in [0.25, 0.3) is 0 Å². The monoisotopic (exact) mass is 513 g/mol. The third-order valence-electron chi connectivity index (χ3n) is 5.46. The number of likely N-dealkylation sites (tertiary alicyclic amines) is 1. The Kier molecular flexibility index (Phi) is 9.19. The summed E-state index contributed by atoms with van der Waals surface area (Å²) in [6.07, 6.45) is 3.69. The molecule has 2 N–H and O–H groups in total. The minimum atomic E-state index is 0. The number of para-hydroxylation sites is 1. The Bertz CT molecular complexity index is 740. The Hall–Kier alpha value is -1.84. The summed E-state index contributed by atoms with van der Waals surface area (Å²) in [6.45, 7) is 4.88. The van der Waals surface area contributed by atoms with E-state index in [0.717, 1.165) is 50.5 Å². The molecule has 3 rings (SSSR count). The second-order valence-corrected chi connectivity index (χ2v) is 7.35. The van der Waals surface area contributed by atoms with E-state index in [1.54, 1.807) is 7.05 Å². The van der Waals surface area contributed by atoms with Crippen LogP contribution in [0.4, 0.5) is 5.69 Å². The number of nitrogens with one attached hydrogen (secondary N) is 2. The molecule has 1 saturated heterocycles. The molecule has 0 aromatic heterocycles. The molecule has 160 valence electrons. The molecule has 29 heavy (non-hydrogen) atoms. The van der Waals surface area contributed by atoms with Gasteiger partial charge in [-0.1, -0.05) is 25.1 Å². The Morgan fingerprint density at radius 3 is 2.76 bits per heavy atom. The van der Waals surface area contributed by atoms with Gasteiger partial charge in [0.15, 0.2) is 5.96 Å². The van der Waals surface area contributed by atoms with Crippen LogP contribution in [-0.4, -0.2) is 61.9 Å². The van der Waals surface area contributed by atoms with E-state index < -0.39 is 0 Å². The molecule has 2 heterocycles. The molecule has 1 aromatic rings. The van der Waals surface area contributed by atoms with Crippen LogP contribution in [0.3, 0.4) is 0 Å². The van der Waals surface area contributed by atoms with Gasteiger partial charge in [-0.25, -0.2) is 0 Å². The van der Waals surface area contributed by atoms with Crippen LogP contribution in [0.2, 0.25) is 0 Å². The summed E-state index contributed by atoms with van der Waals surface area (Å²) in [6, 6.07) is 8.36. The largest absolute Gasteiger partial charge is 0.356 e. The molecule has 1 aromatic carbocycles. The van der Waals surface area contributed by atoms with E-state index in [1.807, 2.05) is 34.9 Å². The van der Waals surface area contributed by atoms with E-state index in [0.29, 0.717) is 19.4 Å². The van der Waals surface area contributed by atoms with Crippen molar-refractivity contribution < 1.29 is 9.59 Å². The first-order valence-corrected chi connectivity index (χ1v) is 10.3. The fourth-order valence-corrected chi connectivity index (χ4v) is 3.89. The number of halogens is 1. The Labute approximate surface area is 190 Å². The van der Waals surface area contributed by atoms with Crippen LogP contribution in [-0.2, 0) is 16.0 Å². The molecule has 8 heteroatoms. The zero-order valence-electron chi connectivity index (χ0n) is 17.3. The summed E-state index contributed by atoms with van der Waals surface area (Å²) in [5, 5.41) is 6.66. The lowest BCUT2D eigenvalue weighted by Crippen LogP contribution is -2.45. The average Bonchev–Trinajstić information content (AvgIpc) is 3.36.